The molecule has 0 amide bonds. The first-order valence-electron chi connectivity index (χ1n) is 8.24. The molecule has 0 radical (unpaired) electrons. The Bertz CT molecular complexity index is 345. The lowest BCUT2D eigenvalue weighted by Crippen LogP contribution is -2.47. The molecule has 1 rings (SSSR count). The molecule has 138 valence electrons. The Hall–Kier alpha value is 0.270. The van der Waals surface area contributed by atoms with Gasteiger partial charge in [0.25, 0.3) is 0 Å². The number of halogens is 1. The van der Waals surface area contributed by atoms with E-state index >= 15 is 0 Å². The Kier molecular flexibility index (Phi) is 11.9. The summed E-state index contributed by atoms with van der Waals surface area (Å²) in [6.45, 7) is 13.8. The highest BCUT2D eigenvalue weighted by Gasteiger charge is 2.21. The van der Waals surface area contributed by atoms with Crippen LogP contribution in [0.15, 0.2) is 4.99 Å². The number of thioether (sulfide) groups is 1. The van der Waals surface area contributed by atoms with Gasteiger partial charge in [-0.15, -0.1) is 24.0 Å². The summed E-state index contributed by atoms with van der Waals surface area (Å²) in [4.78, 5) is 6.78. The molecule has 23 heavy (non-hydrogen) atoms. The van der Waals surface area contributed by atoms with Gasteiger partial charge in [0.15, 0.2) is 5.96 Å². The Labute approximate surface area is 163 Å². The largest absolute Gasteiger partial charge is 0.373 e. The molecule has 0 aliphatic carbocycles. The molecule has 1 aliphatic rings. The van der Waals surface area contributed by atoms with Crippen molar-refractivity contribution in [1.82, 2.24) is 15.5 Å². The predicted octanol–water partition coefficient (Wildman–Crippen LogP) is 2.41. The third-order valence-corrected chi connectivity index (χ3v) is 5.15. The van der Waals surface area contributed by atoms with Crippen LogP contribution in [0.25, 0.3) is 0 Å². The summed E-state index contributed by atoms with van der Waals surface area (Å²) in [6, 6.07) is 0. The number of nitrogens with one attached hydrogen (secondary N) is 2. The highest BCUT2D eigenvalue weighted by molar-refractivity contribution is 14.0. The summed E-state index contributed by atoms with van der Waals surface area (Å²) in [5.41, 5.74) is 0. The van der Waals surface area contributed by atoms with Gasteiger partial charge < -0.3 is 15.4 Å². The van der Waals surface area contributed by atoms with E-state index in [0.717, 1.165) is 45.1 Å². The van der Waals surface area contributed by atoms with Crippen molar-refractivity contribution in [2.45, 2.75) is 51.1 Å². The molecule has 5 nitrogen and oxygen atoms in total. The molecule has 0 saturated carbocycles. The molecule has 1 saturated heterocycles. The summed E-state index contributed by atoms with van der Waals surface area (Å²) in [5.74, 6) is 0.894. The average molecular weight is 458 g/mol. The van der Waals surface area contributed by atoms with Gasteiger partial charge in [0, 0.05) is 44.5 Å². The molecule has 2 unspecified atom stereocenters. The second-order valence-electron chi connectivity index (χ2n) is 6.69. The fourth-order valence-electron chi connectivity index (χ4n) is 2.57. The fourth-order valence-corrected chi connectivity index (χ4v) is 2.78. The zero-order chi connectivity index (χ0) is 16.6. The van der Waals surface area contributed by atoms with Gasteiger partial charge in [-0.3, -0.25) is 9.89 Å². The molecule has 0 aromatic carbocycles. The molecule has 0 bridgehead atoms. The van der Waals surface area contributed by atoms with Crippen LogP contribution in [0.3, 0.4) is 0 Å². The second kappa shape index (κ2) is 11.8. The van der Waals surface area contributed by atoms with E-state index in [-0.39, 0.29) is 28.7 Å². The zero-order valence-electron chi connectivity index (χ0n) is 15.5. The first kappa shape index (κ1) is 23.3. The number of rotatable bonds is 7. The second-order valence-corrected chi connectivity index (χ2v) is 8.20. The maximum absolute atomic E-state index is 5.76. The predicted molar refractivity (Wildman–Crippen MR) is 113 cm³/mol. The molecule has 1 fully saturated rings. The number of morpholine rings is 1. The average Bonchev–Trinajstić information content (AvgIpc) is 2.45. The lowest BCUT2D eigenvalue weighted by Gasteiger charge is -2.35. The molecule has 1 aliphatic heterocycles. The Morgan fingerprint density at radius 2 is 1.87 bits per heavy atom. The van der Waals surface area contributed by atoms with E-state index in [4.69, 9.17) is 4.74 Å². The lowest BCUT2D eigenvalue weighted by atomic mass is 10.2. The van der Waals surface area contributed by atoms with E-state index in [9.17, 15) is 0 Å². The first-order chi connectivity index (χ1) is 10.4. The van der Waals surface area contributed by atoms with Crippen LogP contribution in [-0.2, 0) is 4.74 Å². The van der Waals surface area contributed by atoms with Gasteiger partial charge in [0.1, 0.15) is 0 Å². The van der Waals surface area contributed by atoms with Crippen LogP contribution >= 0.6 is 35.7 Å². The van der Waals surface area contributed by atoms with Crippen molar-refractivity contribution in [3.63, 3.8) is 0 Å². The first-order valence-corrected chi connectivity index (χ1v) is 9.46. The highest BCUT2D eigenvalue weighted by atomic mass is 127. The van der Waals surface area contributed by atoms with Crippen molar-refractivity contribution < 1.29 is 4.74 Å². The van der Waals surface area contributed by atoms with Crippen molar-refractivity contribution in [2.24, 2.45) is 4.99 Å². The lowest BCUT2D eigenvalue weighted by molar-refractivity contribution is -0.0679. The molecule has 2 atom stereocenters. The van der Waals surface area contributed by atoms with Crippen molar-refractivity contribution in [3.8, 4) is 0 Å². The molecule has 7 heteroatoms. The summed E-state index contributed by atoms with van der Waals surface area (Å²) < 4.78 is 5.98. The molecular formula is C16H35IN4OS. The number of guanidine groups is 1. The standard InChI is InChI=1S/C16H34N4OS.HI/c1-13-10-20(11-14(2)21-13)9-7-8-18-15(17-5)19-12-16(3,4)22-6;/h13-14H,7-12H2,1-6H3,(H2,17,18,19);1H. The van der Waals surface area contributed by atoms with E-state index in [1.54, 1.807) is 0 Å². The minimum Gasteiger partial charge on any atom is -0.373 e. The van der Waals surface area contributed by atoms with Crippen LogP contribution in [0.2, 0.25) is 0 Å². The third kappa shape index (κ3) is 9.99. The van der Waals surface area contributed by atoms with Crippen LogP contribution in [-0.4, -0.2) is 73.8 Å². The zero-order valence-corrected chi connectivity index (χ0v) is 18.7. The summed E-state index contributed by atoms with van der Waals surface area (Å²) >= 11 is 1.86. The van der Waals surface area contributed by atoms with Crippen molar-refractivity contribution in [3.05, 3.63) is 0 Å². The molecular weight excluding hydrogens is 423 g/mol. The SMILES string of the molecule is CN=C(NCCCN1CC(C)OC(C)C1)NCC(C)(C)SC.I. The number of nitrogens with zero attached hydrogens (tertiary/aromatic N) is 2. The van der Waals surface area contributed by atoms with E-state index in [0.29, 0.717) is 12.2 Å². The minimum atomic E-state index is 0. The van der Waals surface area contributed by atoms with Crippen LogP contribution in [0.5, 0.6) is 0 Å². The van der Waals surface area contributed by atoms with Crippen LogP contribution < -0.4 is 10.6 Å². The summed E-state index contributed by atoms with van der Waals surface area (Å²) in [5, 5.41) is 6.80. The topological polar surface area (TPSA) is 48.9 Å². The third-order valence-electron chi connectivity index (χ3n) is 3.90. The normalized spacial score (nSPS) is 23.3. The van der Waals surface area contributed by atoms with E-state index in [1.807, 2.05) is 18.8 Å². The van der Waals surface area contributed by atoms with E-state index in [2.05, 4.69) is 54.5 Å². The van der Waals surface area contributed by atoms with Gasteiger partial charge >= 0.3 is 0 Å². The van der Waals surface area contributed by atoms with Gasteiger partial charge in [0.05, 0.1) is 12.2 Å². The van der Waals surface area contributed by atoms with Gasteiger partial charge in [-0.25, -0.2) is 0 Å². The van der Waals surface area contributed by atoms with E-state index in [1.165, 1.54) is 0 Å². The Balaban J connectivity index is 0.00000484. The highest BCUT2D eigenvalue weighted by Crippen LogP contribution is 2.19. The van der Waals surface area contributed by atoms with Crippen LogP contribution in [0, 0.1) is 0 Å². The summed E-state index contributed by atoms with van der Waals surface area (Å²) in [7, 11) is 1.83. The minimum absolute atomic E-state index is 0. The monoisotopic (exact) mass is 458 g/mol. The van der Waals surface area contributed by atoms with Gasteiger partial charge in [0.2, 0.25) is 0 Å². The molecule has 0 aromatic heterocycles. The quantitative estimate of drug-likeness (QED) is 0.266. The molecule has 2 N–H and O–H groups in total. The molecule has 0 spiro atoms. The van der Waals surface area contributed by atoms with Crippen molar-refractivity contribution >= 4 is 41.7 Å². The number of aliphatic imine (C=N–C) groups is 1. The number of hydrogen-bond acceptors (Lipinski definition) is 4. The number of ether oxygens (including phenoxy) is 1. The molecule has 0 aromatic rings. The number of hydrogen-bond donors (Lipinski definition) is 2. The maximum Gasteiger partial charge on any atom is 0.191 e. The van der Waals surface area contributed by atoms with Gasteiger partial charge in [-0.1, -0.05) is 0 Å². The maximum atomic E-state index is 5.76. The Morgan fingerprint density at radius 3 is 2.39 bits per heavy atom. The van der Waals surface area contributed by atoms with Crippen LogP contribution in [0.4, 0.5) is 0 Å². The molecule has 1 heterocycles. The van der Waals surface area contributed by atoms with Gasteiger partial charge in [-0.05, 0) is 40.4 Å². The fraction of sp³-hybridized carbons (Fsp3) is 0.938. The van der Waals surface area contributed by atoms with E-state index < -0.39 is 0 Å². The van der Waals surface area contributed by atoms with Crippen molar-refractivity contribution in [1.29, 1.82) is 0 Å². The van der Waals surface area contributed by atoms with Crippen molar-refractivity contribution in [2.75, 3.05) is 46.0 Å². The smallest absolute Gasteiger partial charge is 0.191 e. The Morgan fingerprint density at radius 1 is 1.26 bits per heavy atom. The van der Waals surface area contributed by atoms with Crippen LogP contribution in [0.1, 0.15) is 34.1 Å². The van der Waals surface area contributed by atoms with Gasteiger partial charge in [-0.2, -0.15) is 11.8 Å². The summed E-state index contributed by atoms with van der Waals surface area (Å²) in [6.07, 6.45) is 3.95.